The van der Waals surface area contributed by atoms with Crippen LogP contribution in [0.15, 0.2) is 11.6 Å². The fourth-order valence-electron chi connectivity index (χ4n) is 1.58. The average molecular weight is 270 g/mol. The Labute approximate surface area is 111 Å². The first-order valence-electron chi connectivity index (χ1n) is 6.18. The molecular weight excluding hydrogens is 252 g/mol. The summed E-state index contributed by atoms with van der Waals surface area (Å²) in [5.41, 5.74) is 0.273. The van der Waals surface area contributed by atoms with Crippen molar-refractivity contribution in [3.63, 3.8) is 0 Å². The fraction of sp³-hybridized carbons (Fsp3) is 0.615. The number of carbonyl (C=O) groups is 3. The molecule has 1 aliphatic rings. The molecule has 0 aromatic rings. The zero-order valence-corrected chi connectivity index (χ0v) is 11.0. The number of methoxy groups -OCH3 is 1. The highest BCUT2D eigenvalue weighted by Crippen LogP contribution is 2.15. The molecule has 1 aliphatic heterocycles. The molecule has 1 heterocycles. The highest BCUT2D eigenvalue weighted by Gasteiger charge is 2.23. The van der Waals surface area contributed by atoms with Crippen molar-refractivity contribution in [1.29, 1.82) is 0 Å². The van der Waals surface area contributed by atoms with E-state index in [2.05, 4.69) is 4.74 Å². The number of esters is 2. The molecule has 0 bridgehead atoms. The number of ketones is 1. The molecule has 0 amide bonds. The largest absolute Gasteiger partial charge is 0.386 e. The third kappa shape index (κ3) is 6.26. The van der Waals surface area contributed by atoms with Crippen LogP contribution in [0.1, 0.15) is 25.7 Å². The third-order valence-electron chi connectivity index (χ3n) is 2.60. The summed E-state index contributed by atoms with van der Waals surface area (Å²) in [6, 6.07) is 0. The molecule has 0 saturated heterocycles. The average Bonchev–Trinajstić information content (AvgIpc) is 2.69. The van der Waals surface area contributed by atoms with Gasteiger partial charge in [0.25, 0.3) is 0 Å². The molecule has 0 radical (unpaired) electrons. The van der Waals surface area contributed by atoms with Crippen LogP contribution in [0.3, 0.4) is 0 Å². The Balaban J connectivity index is 2.07. The molecule has 6 nitrogen and oxygen atoms in total. The lowest BCUT2D eigenvalue weighted by Gasteiger charge is -2.03. The minimum atomic E-state index is -0.654. The quantitative estimate of drug-likeness (QED) is 0.332. The van der Waals surface area contributed by atoms with Gasteiger partial charge in [-0.05, 0) is 12.8 Å². The van der Waals surface area contributed by atoms with Crippen molar-refractivity contribution < 1.29 is 28.6 Å². The first-order chi connectivity index (χ1) is 9.13. The summed E-state index contributed by atoms with van der Waals surface area (Å²) in [4.78, 5) is 33.4. The van der Waals surface area contributed by atoms with Crippen molar-refractivity contribution in [1.82, 2.24) is 0 Å². The summed E-state index contributed by atoms with van der Waals surface area (Å²) in [5, 5.41) is 0. The van der Waals surface area contributed by atoms with Gasteiger partial charge >= 0.3 is 11.9 Å². The summed E-state index contributed by atoms with van der Waals surface area (Å²) < 4.78 is 14.4. The molecule has 106 valence electrons. The maximum Gasteiger partial charge on any atom is 0.342 e. The third-order valence-corrected chi connectivity index (χ3v) is 2.60. The molecule has 0 aromatic carbocycles. The number of ether oxygens (including phenoxy) is 3. The summed E-state index contributed by atoms with van der Waals surface area (Å²) >= 11 is 0. The first-order valence-corrected chi connectivity index (χ1v) is 6.18. The van der Waals surface area contributed by atoms with Crippen LogP contribution < -0.4 is 0 Å². The molecule has 0 unspecified atom stereocenters. The van der Waals surface area contributed by atoms with Crippen molar-refractivity contribution in [3.8, 4) is 0 Å². The molecular formula is C13H18O6. The van der Waals surface area contributed by atoms with E-state index in [0.29, 0.717) is 32.7 Å². The van der Waals surface area contributed by atoms with Gasteiger partial charge in [-0.2, -0.15) is 0 Å². The van der Waals surface area contributed by atoms with E-state index in [1.165, 1.54) is 0 Å². The minimum Gasteiger partial charge on any atom is -0.386 e. The maximum atomic E-state index is 11.5. The Morgan fingerprint density at radius 1 is 1.21 bits per heavy atom. The van der Waals surface area contributed by atoms with Crippen LogP contribution in [0, 0.1) is 0 Å². The summed E-state index contributed by atoms with van der Waals surface area (Å²) in [7, 11) is 1.60. The van der Waals surface area contributed by atoms with E-state index in [-0.39, 0.29) is 24.2 Å². The molecule has 0 aromatic heterocycles. The zero-order valence-electron chi connectivity index (χ0n) is 11.0. The SMILES string of the molecule is COCCOCCCC(=O)CCC1=CC(=O)OC1=O. The van der Waals surface area contributed by atoms with Crippen LogP contribution in [0.2, 0.25) is 0 Å². The maximum absolute atomic E-state index is 11.5. The standard InChI is InChI=1S/C13H18O6/c1-17-7-8-18-6-2-3-11(14)5-4-10-9-12(15)19-13(10)16/h9H,2-8H2,1H3. The first kappa shape index (κ1) is 15.5. The van der Waals surface area contributed by atoms with E-state index in [4.69, 9.17) is 9.47 Å². The van der Waals surface area contributed by atoms with Gasteiger partial charge in [-0.1, -0.05) is 0 Å². The summed E-state index contributed by atoms with van der Waals surface area (Å²) in [6.07, 6.45) is 2.69. The van der Waals surface area contributed by atoms with E-state index in [0.717, 1.165) is 6.08 Å². The molecule has 19 heavy (non-hydrogen) atoms. The van der Waals surface area contributed by atoms with Crippen molar-refractivity contribution >= 4 is 17.7 Å². The van der Waals surface area contributed by atoms with Crippen molar-refractivity contribution in [2.75, 3.05) is 26.9 Å². The lowest BCUT2D eigenvalue weighted by molar-refractivity contribution is -0.150. The van der Waals surface area contributed by atoms with E-state index < -0.39 is 11.9 Å². The lowest BCUT2D eigenvalue weighted by Crippen LogP contribution is -2.07. The van der Waals surface area contributed by atoms with Crippen LogP contribution in [0.25, 0.3) is 0 Å². The molecule has 0 aliphatic carbocycles. The van der Waals surface area contributed by atoms with E-state index in [9.17, 15) is 14.4 Å². The van der Waals surface area contributed by atoms with Gasteiger partial charge in [0.15, 0.2) is 0 Å². The Hall–Kier alpha value is -1.53. The van der Waals surface area contributed by atoms with E-state index in [1.54, 1.807) is 7.11 Å². The van der Waals surface area contributed by atoms with Gasteiger partial charge in [0, 0.05) is 38.2 Å². The van der Waals surface area contributed by atoms with Crippen molar-refractivity contribution in [2.24, 2.45) is 0 Å². The summed E-state index contributed by atoms with van der Waals surface area (Å²) in [6.45, 7) is 1.57. The van der Waals surface area contributed by atoms with E-state index in [1.807, 2.05) is 0 Å². The topological polar surface area (TPSA) is 78.9 Å². The predicted octanol–water partition coefficient (Wildman–Crippen LogP) is 0.789. The van der Waals surface area contributed by atoms with Gasteiger partial charge in [0.1, 0.15) is 5.78 Å². The Morgan fingerprint density at radius 3 is 2.63 bits per heavy atom. The van der Waals surface area contributed by atoms with Crippen LogP contribution in [-0.2, 0) is 28.6 Å². The number of rotatable bonds is 10. The van der Waals surface area contributed by atoms with E-state index >= 15 is 0 Å². The highest BCUT2D eigenvalue weighted by molar-refractivity contribution is 6.09. The normalized spacial score (nSPS) is 14.5. The van der Waals surface area contributed by atoms with Crippen molar-refractivity contribution in [3.05, 3.63) is 11.6 Å². The van der Waals surface area contributed by atoms with Crippen LogP contribution in [0.5, 0.6) is 0 Å². The van der Waals surface area contributed by atoms with Crippen molar-refractivity contribution in [2.45, 2.75) is 25.7 Å². The molecule has 1 rings (SSSR count). The number of carbonyl (C=O) groups excluding carboxylic acids is 3. The highest BCUT2D eigenvalue weighted by atomic mass is 16.6. The lowest BCUT2D eigenvalue weighted by atomic mass is 10.1. The van der Waals surface area contributed by atoms with Gasteiger partial charge in [0.2, 0.25) is 0 Å². The molecule has 0 spiro atoms. The van der Waals surface area contributed by atoms with Gasteiger partial charge in [-0.25, -0.2) is 9.59 Å². The molecule has 0 saturated carbocycles. The fourth-order valence-corrected chi connectivity index (χ4v) is 1.58. The Bertz CT molecular complexity index is 371. The van der Waals surface area contributed by atoms with Gasteiger partial charge < -0.3 is 14.2 Å². The second-order valence-electron chi connectivity index (χ2n) is 4.13. The molecule has 0 N–H and O–H groups in total. The number of hydrogen-bond acceptors (Lipinski definition) is 6. The van der Waals surface area contributed by atoms with Gasteiger partial charge in [-0.15, -0.1) is 0 Å². The second kappa shape index (κ2) is 8.55. The minimum absolute atomic E-state index is 0.0448. The van der Waals surface area contributed by atoms with Gasteiger partial charge in [-0.3, -0.25) is 4.79 Å². The number of Topliss-reactive ketones (excluding diaryl/α,β-unsaturated/α-hetero) is 1. The molecule has 0 atom stereocenters. The zero-order chi connectivity index (χ0) is 14.1. The molecule has 0 fully saturated rings. The molecule has 6 heteroatoms. The number of hydrogen-bond donors (Lipinski definition) is 0. The monoisotopic (exact) mass is 270 g/mol. The second-order valence-corrected chi connectivity index (χ2v) is 4.13. The van der Waals surface area contributed by atoms with Crippen LogP contribution in [0.4, 0.5) is 0 Å². The Morgan fingerprint density at radius 2 is 2.00 bits per heavy atom. The van der Waals surface area contributed by atoms with Gasteiger partial charge in [0.05, 0.1) is 13.2 Å². The smallest absolute Gasteiger partial charge is 0.342 e. The Kier molecular flexibility index (Phi) is 6.99. The summed E-state index contributed by atoms with van der Waals surface area (Å²) in [5.74, 6) is -1.25. The predicted molar refractivity (Wildman–Crippen MR) is 65.4 cm³/mol. The van der Waals surface area contributed by atoms with Crippen LogP contribution >= 0.6 is 0 Å². The van der Waals surface area contributed by atoms with Crippen LogP contribution in [-0.4, -0.2) is 44.7 Å². The number of cyclic esters (lactones) is 2.